The van der Waals surface area contributed by atoms with E-state index < -0.39 is 0 Å². The van der Waals surface area contributed by atoms with Crippen LogP contribution in [0, 0.1) is 0 Å². The fraction of sp³-hybridized carbons (Fsp3) is 0.562. The molecule has 0 spiro atoms. The summed E-state index contributed by atoms with van der Waals surface area (Å²) in [5, 5.41) is 0. The van der Waals surface area contributed by atoms with Crippen LogP contribution in [0.2, 0.25) is 0 Å². The average molecular weight is 277 g/mol. The minimum atomic E-state index is 0.285. The summed E-state index contributed by atoms with van der Waals surface area (Å²) in [5.74, 6) is 1.81. The van der Waals surface area contributed by atoms with E-state index >= 15 is 0 Å². The molecule has 1 aliphatic carbocycles. The molecule has 0 N–H and O–H groups in total. The van der Waals surface area contributed by atoms with Crippen molar-refractivity contribution in [2.75, 3.05) is 12.8 Å². The molecular formula is C16H23NOS. The molecule has 2 nitrogen and oxygen atoms in total. The number of carbonyl (C=O) groups excluding carboxylic acids is 1. The first kappa shape index (κ1) is 14.4. The lowest BCUT2D eigenvalue weighted by Gasteiger charge is -2.31. The minimum absolute atomic E-state index is 0.285. The second-order valence-corrected chi connectivity index (χ2v) is 6.26. The monoisotopic (exact) mass is 277 g/mol. The summed E-state index contributed by atoms with van der Waals surface area (Å²) in [6, 6.07) is 10.8. The molecule has 0 bridgehead atoms. The van der Waals surface area contributed by atoms with E-state index in [-0.39, 0.29) is 5.91 Å². The van der Waals surface area contributed by atoms with Gasteiger partial charge in [0.1, 0.15) is 0 Å². The highest BCUT2D eigenvalue weighted by Gasteiger charge is 2.21. The van der Waals surface area contributed by atoms with E-state index in [1.807, 2.05) is 30.1 Å². The van der Waals surface area contributed by atoms with E-state index in [0.29, 0.717) is 11.8 Å². The molecule has 1 saturated carbocycles. The standard InChI is InChI=1S/C16H23NOS/c1-17(15-10-6-3-7-11-15)16(18)13-19-12-14-8-4-2-5-9-14/h2,4-5,8-9,15H,3,6-7,10-13H2,1H3. The molecule has 0 saturated heterocycles. The maximum atomic E-state index is 12.1. The van der Waals surface area contributed by atoms with E-state index in [1.54, 1.807) is 11.8 Å². The summed E-state index contributed by atoms with van der Waals surface area (Å²) in [7, 11) is 1.97. The van der Waals surface area contributed by atoms with Crippen LogP contribution in [0.15, 0.2) is 30.3 Å². The van der Waals surface area contributed by atoms with Crippen molar-refractivity contribution in [3.05, 3.63) is 35.9 Å². The van der Waals surface area contributed by atoms with Crippen LogP contribution in [0.3, 0.4) is 0 Å². The Hall–Kier alpha value is -0.960. The number of hydrogen-bond donors (Lipinski definition) is 0. The maximum absolute atomic E-state index is 12.1. The number of hydrogen-bond acceptors (Lipinski definition) is 2. The van der Waals surface area contributed by atoms with Gasteiger partial charge in [-0.3, -0.25) is 4.79 Å². The zero-order chi connectivity index (χ0) is 13.5. The van der Waals surface area contributed by atoms with Crippen LogP contribution in [0.1, 0.15) is 37.7 Å². The summed E-state index contributed by atoms with van der Waals surface area (Å²) < 4.78 is 0. The van der Waals surface area contributed by atoms with Crippen LogP contribution >= 0.6 is 11.8 Å². The summed E-state index contributed by atoms with van der Waals surface area (Å²) in [6.45, 7) is 0. The highest BCUT2D eigenvalue weighted by molar-refractivity contribution is 7.99. The number of rotatable bonds is 5. The topological polar surface area (TPSA) is 20.3 Å². The Morgan fingerprint density at radius 2 is 1.89 bits per heavy atom. The van der Waals surface area contributed by atoms with Crippen molar-refractivity contribution in [3.8, 4) is 0 Å². The van der Waals surface area contributed by atoms with E-state index in [2.05, 4.69) is 12.1 Å². The van der Waals surface area contributed by atoms with Crippen molar-refractivity contribution >= 4 is 17.7 Å². The molecule has 0 aromatic heterocycles. The Balaban J connectivity index is 1.71. The fourth-order valence-corrected chi connectivity index (χ4v) is 3.51. The van der Waals surface area contributed by atoms with Gasteiger partial charge in [0, 0.05) is 18.8 Å². The molecule has 0 radical (unpaired) electrons. The molecule has 0 unspecified atom stereocenters. The lowest BCUT2D eigenvalue weighted by molar-refractivity contribution is -0.129. The van der Waals surface area contributed by atoms with Crippen molar-refractivity contribution in [2.45, 2.75) is 43.9 Å². The molecule has 104 valence electrons. The second kappa shape index (κ2) is 7.59. The summed E-state index contributed by atoms with van der Waals surface area (Å²) in [6.07, 6.45) is 6.26. The average Bonchev–Trinajstić information content (AvgIpc) is 2.48. The summed E-state index contributed by atoms with van der Waals surface area (Å²) >= 11 is 1.72. The maximum Gasteiger partial charge on any atom is 0.232 e. The Labute approximate surface area is 120 Å². The SMILES string of the molecule is CN(C(=O)CSCc1ccccc1)C1CCCCC1. The van der Waals surface area contributed by atoms with E-state index in [4.69, 9.17) is 0 Å². The van der Waals surface area contributed by atoms with Crippen LogP contribution in [-0.2, 0) is 10.5 Å². The molecule has 1 fully saturated rings. The largest absolute Gasteiger partial charge is 0.342 e. The third-order valence-corrected chi connectivity index (χ3v) is 4.84. The number of thioether (sulfide) groups is 1. The van der Waals surface area contributed by atoms with Crippen LogP contribution in [0.4, 0.5) is 0 Å². The third kappa shape index (κ3) is 4.57. The molecular weight excluding hydrogens is 254 g/mol. The number of nitrogens with zero attached hydrogens (tertiary/aromatic N) is 1. The quantitative estimate of drug-likeness (QED) is 0.817. The third-order valence-electron chi connectivity index (χ3n) is 3.85. The normalized spacial score (nSPS) is 16.3. The molecule has 19 heavy (non-hydrogen) atoms. The smallest absolute Gasteiger partial charge is 0.232 e. The van der Waals surface area contributed by atoms with E-state index in [0.717, 1.165) is 5.75 Å². The van der Waals surface area contributed by atoms with Gasteiger partial charge in [-0.2, -0.15) is 0 Å². The predicted octanol–water partition coefficient (Wildman–Crippen LogP) is 3.71. The molecule has 0 atom stereocenters. The fourth-order valence-electron chi connectivity index (χ4n) is 2.60. The van der Waals surface area contributed by atoms with Crippen LogP contribution < -0.4 is 0 Å². The van der Waals surface area contributed by atoms with Gasteiger partial charge in [0.2, 0.25) is 5.91 Å². The molecule has 1 amide bonds. The Kier molecular flexibility index (Phi) is 5.77. The van der Waals surface area contributed by atoms with E-state index in [1.165, 1.54) is 37.7 Å². The van der Waals surface area contributed by atoms with Gasteiger partial charge in [-0.15, -0.1) is 11.8 Å². The molecule has 0 aliphatic heterocycles. The molecule has 3 heteroatoms. The van der Waals surface area contributed by atoms with Gasteiger partial charge in [-0.25, -0.2) is 0 Å². The molecule has 1 aliphatic rings. The number of benzene rings is 1. The number of amides is 1. The van der Waals surface area contributed by atoms with Gasteiger partial charge >= 0.3 is 0 Å². The minimum Gasteiger partial charge on any atom is -0.342 e. The highest BCUT2D eigenvalue weighted by Crippen LogP contribution is 2.22. The van der Waals surface area contributed by atoms with Gasteiger partial charge in [-0.05, 0) is 18.4 Å². The Morgan fingerprint density at radius 3 is 2.58 bits per heavy atom. The van der Waals surface area contributed by atoms with Crippen molar-refractivity contribution < 1.29 is 4.79 Å². The lowest BCUT2D eigenvalue weighted by Crippen LogP contribution is -2.39. The Bertz CT molecular complexity index is 387. The summed E-state index contributed by atoms with van der Waals surface area (Å²) in [4.78, 5) is 14.1. The zero-order valence-electron chi connectivity index (χ0n) is 11.7. The van der Waals surface area contributed by atoms with Gasteiger partial charge < -0.3 is 4.90 Å². The molecule has 1 aromatic carbocycles. The first-order chi connectivity index (χ1) is 9.27. The van der Waals surface area contributed by atoms with Crippen molar-refractivity contribution in [1.82, 2.24) is 4.90 Å². The van der Waals surface area contributed by atoms with Gasteiger partial charge in [-0.1, -0.05) is 49.6 Å². The molecule has 0 heterocycles. The first-order valence-corrected chi connectivity index (χ1v) is 8.30. The zero-order valence-corrected chi connectivity index (χ0v) is 12.5. The highest BCUT2D eigenvalue weighted by atomic mass is 32.2. The van der Waals surface area contributed by atoms with Crippen molar-refractivity contribution in [2.24, 2.45) is 0 Å². The first-order valence-electron chi connectivity index (χ1n) is 7.14. The number of carbonyl (C=O) groups is 1. The predicted molar refractivity (Wildman–Crippen MR) is 82.2 cm³/mol. The second-order valence-electron chi connectivity index (χ2n) is 5.27. The van der Waals surface area contributed by atoms with Crippen molar-refractivity contribution in [3.63, 3.8) is 0 Å². The van der Waals surface area contributed by atoms with Crippen LogP contribution in [0.25, 0.3) is 0 Å². The molecule has 1 aromatic rings. The molecule has 2 rings (SSSR count). The van der Waals surface area contributed by atoms with Crippen LogP contribution in [-0.4, -0.2) is 29.6 Å². The van der Waals surface area contributed by atoms with Crippen LogP contribution in [0.5, 0.6) is 0 Å². The van der Waals surface area contributed by atoms with Gasteiger partial charge in [0.15, 0.2) is 0 Å². The Morgan fingerprint density at radius 1 is 1.21 bits per heavy atom. The summed E-state index contributed by atoms with van der Waals surface area (Å²) in [5.41, 5.74) is 1.29. The van der Waals surface area contributed by atoms with Gasteiger partial charge in [0.25, 0.3) is 0 Å². The van der Waals surface area contributed by atoms with Gasteiger partial charge in [0.05, 0.1) is 5.75 Å². The lowest BCUT2D eigenvalue weighted by atomic mass is 9.94. The van der Waals surface area contributed by atoms with E-state index in [9.17, 15) is 4.79 Å². The van der Waals surface area contributed by atoms with Crippen molar-refractivity contribution in [1.29, 1.82) is 0 Å².